The quantitative estimate of drug-likeness (QED) is 0.613. The van der Waals surface area contributed by atoms with Gasteiger partial charge in [-0.1, -0.05) is 0 Å². The zero-order valence-electron chi connectivity index (χ0n) is 15.0. The van der Waals surface area contributed by atoms with Crippen LogP contribution in [0.1, 0.15) is 31.9 Å². The molecule has 0 radical (unpaired) electrons. The minimum Gasteiger partial charge on any atom is -0.444 e. The molecule has 0 bridgehead atoms. The predicted molar refractivity (Wildman–Crippen MR) is 92.6 cm³/mol. The lowest BCUT2D eigenvalue weighted by Gasteiger charge is -2.26. The second-order valence-corrected chi connectivity index (χ2v) is 7.23. The van der Waals surface area contributed by atoms with Crippen LogP contribution in [0.3, 0.4) is 0 Å². The van der Waals surface area contributed by atoms with Crippen LogP contribution in [0, 0.1) is 10.1 Å². The van der Waals surface area contributed by atoms with Crippen LogP contribution in [0.4, 0.5) is 16.2 Å². The number of benzene rings is 1. The molecular weight excluding hydrogens is 310 g/mol. The van der Waals surface area contributed by atoms with Crippen molar-refractivity contribution in [2.45, 2.75) is 39.2 Å². The van der Waals surface area contributed by atoms with E-state index in [4.69, 9.17) is 4.74 Å². The monoisotopic (exact) mass is 335 g/mol. The van der Waals surface area contributed by atoms with Crippen LogP contribution in [-0.4, -0.2) is 48.7 Å². The van der Waals surface area contributed by atoms with E-state index in [0.717, 1.165) is 11.1 Å². The zero-order valence-corrected chi connectivity index (χ0v) is 15.0. The molecule has 0 saturated heterocycles. The Morgan fingerprint density at radius 2 is 1.75 bits per heavy atom. The molecule has 0 spiro atoms. The number of carbonyl (C=O) groups excluding carboxylic acids is 1. The van der Waals surface area contributed by atoms with Gasteiger partial charge in [-0.25, -0.2) is 4.79 Å². The third-order valence-electron chi connectivity index (χ3n) is 3.93. The number of ether oxygens (including phenoxy) is 1. The van der Waals surface area contributed by atoms with Gasteiger partial charge >= 0.3 is 6.09 Å². The molecule has 1 aliphatic heterocycles. The van der Waals surface area contributed by atoms with E-state index in [1.54, 1.807) is 30.0 Å². The second-order valence-electron chi connectivity index (χ2n) is 7.23. The third kappa shape index (κ3) is 4.15. The van der Waals surface area contributed by atoms with Gasteiger partial charge in [-0.2, -0.15) is 0 Å². The van der Waals surface area contributed by atoms with Crippen LogP contribution in [0.25, 0.3) is 0 Å². The van der Waals surface area contributed by atoms with Crippen molar-refractivity contribution in [3.05, 3.63) is 33.4 Å². The first-order valence-electron chi connectivity index (χ1n) is 8.04. The average molecular weight is 335 g/mol. The molecule has 2 rings (SSSR count). The Morgan fingerprint density at radius 3 is 2.21 bits per heavy atom. The van der Waals surface area contributed by atoms with Crippen LogP contribution in [0.15, 0.2) is 12.1 Å². The summed E-state index contributed by atoms with van der Waals surface area (Å²) in [5.41, 5.74) is 2.13. The molecule has 7 heteroatoms. The number of hydrogen-bond acceptors (Lipinski definition) is 5. The number of nitro benzene ring substituents is 1. The summed E-state index contributed by atoms with van der Waals surface area (Å²) >= 11 is 0. The van der Waals surface area contributed by atoms with Gasteiger partial charge in [0.05, 0.1) is 4.92 Å². The Kier molecular flexibility index (Phi) is 5.01. The fraction of sp³-hybridized carbons (Fsp3) is 0.588. The molecule has 0 atom stereocenters. The summed E-state index contributed by atoms with van der Waals surface area (Å²) in [4.78, 5) is 26.6. The summed E-state index contributed by atoms with van der Waals surface area (Å²) in [7, 11) is 3.58. The first-order valence-corrected chi connectivity index (χ1v) is 8.04. The van der Waals surface area contributed by atoms with E-state index >= 15 is 0 Å². The molecule has 1 aliphatic rings. The largest absolute Gasteiger partial charge is 0.444 e. The summed E-state index contributed by atoms with van der Waals surface area (Å²) in [5.74, 6) is 0. The fourth-order valence-corrected chi connectivity index (χ4v) is 2.76. The highest BCUT2D eigenvalue weighted by atomic mass is 16.6. The van der Waals surface area contributed by atoms with Gasteiger partial charge in [0.25, 0.3) is 5.69 Å². The molecule has 0 unspecified atom stereocenters. The maximum Gasteiger partial charge on any atom is 0.410 e. The lowest BCUT2D eigenvalue weighted by molar-refractivity contribution is -0.384. The van der Waals surface area contributed by atoms with Crippen molar-refractivity contribution in [2.75, 3.05) is 32.1 Å². The molecule has 1 aromatic carbocycles. The van der Waals surface area contributed by atoms with E-state index in [9.17, 15) is 14.9 Å². The lowest BCUT2D eigenvalue weighted by Crippen LogP contribution is -2.38. The molecule has 1 heterocycles. The van der Waals surface area contributed by atoms with Crippen LogP contribution in [0.2, 0.25) is 0 Å². The summed E-state index contributed by atoms with van der Waals surface area (Å²) in [5, 5.41) is 11.3. The van der Waals surface area contributed by atoms with Crippen LogP contribution in [-0.2, 0) is 17.6 Å². The molecule has 1 amide bonds. The molecule has 0 N–H and O–H groups in total. The van der Waals surface area contributed by atoms with E-state index in [1.165, 1.54) is 0 Å². The van der Waals surface area contributed by atoms with E-state index in [-0.39, 0.29) is 16.7 Å². The van der Waals surface area contributed by atoms with E-state index in [0.29, 0.717) is 31.6 Å². The highest BCUT2D eigenvalue weighted by molar-refractivity contribution is 5.69. The number of anilines is 1. The van der Waals surface area contributed by atoms with Crippen molar-refractivity contribution in [3.63, 3.8) is 0 Å². The predicted octanol–water partition coefficient (Wildman–Crippen LogP) is 3.00. The smallest absolute Gasteiger partial charge is 0.410 e. The first-order chi connectivity index (χ1) is 11.1. The standard InChI is InChI=1S/C17H25N3O4/c1-17(2,3)24-16(21)19-8-6-12-10-14(18(4)5)15(20(22)23)11-13(12)7-9-19/h10-11H,6-9H2,1-5H3. The van der Waals surface area contributed by atoms with Crippen molar-refractivity contribution in [1.29, 1.82) is 0 Å². The van der Waals surface area contributed by atoms with E-state index in [2.05, 4.69) is 0 Å². The molecule has 7 nitrogen and oxygen atoms in total. The van der Waals surface area contributed by atoms with Crippen molar-refractivity contribution in [3.8, 4) is 0 Å². The number of hydrogen-bond donors (Lipinski definition) is 0. The fourth-order valence-electron chi connectivity index (χ4n) is 2.76. The Labute approximate surface area is 142 Å². The van der Waals surface area contributed by atoms with Gasteiger partial charge in [0.2, 0.25) is 0 Å². The van der Waals surface area contributed by atoms with Crippen LogP contribution < -0.4 is 4.90 Å². The Balaban J connectivity index is 2.24. The number of nitro groups is 1. The molecule has 0 fully saturated rings. The topological polar surface area (TPSA) is 75.9 Å². The highest BCUT2D eigenvalue weighted by Crippen LogP contribution is 2.32. The molecule has 0 aromatic heterocycles. The van der Waals surface area contributed by atoms with Gasteiger partial charge in [0.1, 0.15) is 11.3 Å². The molecule has 0 aliphatic carbocycles. The lowest BCUT2D eigenvalue weighted by atomic mass is 10.0. The van der Waals surface area contributed by atoms with Crippen molar-refractivity contribution >= 4 is 17.5 Å². The molecule has 1 aromatic rings. The van der Waals surface area contributed by atoms with Crippen molar-refractivity contribution in [1.82, 2.24) is 4.90 Å². The maximum atomic E-state index is 12.3. The second kappa shape index (κ2) is 6.67. The van der Waals surface area contributed by atoms with Crippen molar-refractivity contribution < 1.29 is 14.5 Å². The third-order valence-corrected chi connectivity index (χ3v) is 3.93. The minimum atomic E-state index is -0.535. The number of rotatable bonds is 2. The molecule has 0 saturated carbocycles. The number of nitrogens with zero attached hydrogens (tertiary/aromatic N) is 3. The van der Waals surface area contributed by atoms with Crippen LogP contribution >= 0.6 is 0 Å². The maximum absolute atomic E-state index is 12.3. The van der Waals surface area contributed by atoms with E-state index < -0.39 is 5.60 Å². The van der Waals surface area contributed by atoms with Gasteiger partial charge in [-0.3, -0.25) is 10.1 Å². The molecule has 132 valence electrons. The number of carbonyl (C=O) groups is 1. The van der Waals surface area contributed by atoms with Crippen molar-refractivity contribution in [2.24, 2.45) is 0 Å². The zero-order chi connectivity index (χ0) is 18.1. The first kappa shape index (κ1) is 18.0. The molecule has 24 heavy (non-hydrogen) atoms. The Morgan fingerprint density at radius 1 is 1.21 bits per heavy atom. The van der Waals surface area contributed by atoms with Gasteiger partial charge in [0, 0.05) is 33.3 Å². The normalized spacial score (nSPS) is 14.6. The number of fused-ring (bicyclic) bond motifs is 1. The van der Waals surface area contributed by atoms with Crippen LogP contribution in [0.5, 0.6) is 0 Å². The number of amides is 1. The van der Waals surface area contributed by atoms with Gasteiger partial charge < -0.3 is 14.5 Å². The van der Waals surface area contributed by atoms with Gasteiger partial charge in [-0.05, 0) is 50.8 Å². The highest BCUT2D eigenvalue weighted by Gasteiger charge is 2.26. The summed E-state index contributed by atoms with van der Waals surface area (Å²) in [6.45, 7) is 6.56. The summed E-state index contributed by atoms with van der Waals surface area (Å²) in [6.07, 6.45) is 0.911. The minimum absolute atomic E-state index is 0.101. The summed E-state index contributed by atoms with van der Waals surface area (Å²) < 4.78 is 5.43. The summed E-state index contributed by atoms with van der Waals surface area (Å²) in [6, 6.07) is 3.51. The van der Waals surface area contributed by atoms with Gasteiger partial charge in [-0.15, -0.1) is 0 Å². The van der Waals surface area contributed by atoms with E-state index in [1.807, 2.05) is 26.8 Å². The Hall–Kier alpha value is -2.31. The Bertz CT molecular complexity index is 650. The SMILES string of the molecule is CN(C)c1cc2c(cc1[N+](=O)[O-])CCN(C(=O)OC(C)(C)C)CC2. The molecular formula is C17H25N3O4. The average Bonchev–Trinajstić information content (AvgIpc) is 2.65. The van der Waals surface area contributed by atoms with Gasteiger partial charge in [0.15, 0.2) is 0 Å².